The van der Waals surface area contributed by atoms with Crippen LogP contribution < -0.4 is 9.47 Å². The number of methoxy groups -OCH3 is 2. The lowest BCUT2D eigenvalue weighted by molar-refractivity contribution is 0.191. The molecule has 0 saturated heterocycles. The van der Waals surface area contributed by atoms with Crippen molar-refractivity contribution in [2.75, 3.05) is 27.3 Å². The molecule has 0 bridgehead atoms. The number of rotatable bonds is 3. The summed E-state index contributed by atoms with van der Waals surface area (Å²) in [6.07, 6.45) is 1.74. The third-order valence-corrected chi connectivity index (χ3v) is 5.53. The maximum Gasteiger partial charge on any atom is 0.168 e. The summed E-state index contributed by atoms with van der Waals surface area (Å²) in [7, 11) is 3.13. The van der Waals surface area contributed by atoms with Crippen LogP contribution in [0.15, 0.2) is 18.2 Å². The lowest BCUT2D eigenvalue weighted by atomic mass is 9.76. The fraction of sp³-hybridized carbons (Fsp3) is 0.400. The first-order chi connectivity index (χ1) is 12.1. The van der Waals surface area contributed by atoms with Gasteiger partial charge in [0.05, 0.1) is 14.2 Å². The Hall–Kier alpha value is -2.40. The van der Waals surface area contributed by atoms with E-state index in [0.29, 0.717) is 11.5 Å². The fourth-order valence-electron chi connectivity index (χ4n) is 4.38. The highest BCUT2D eigenvalue weighted by atomic mass is 16.5. The average molecular weight is 341 g/mol. The number of hydrogen-bond acceptors (Lipinski definition) is 5. The number of benzene rings is 2. The van der Waals surface area contributed by atoms with Gasteiger partial charge in [0, 0.05) is 18.2 Å². The number of likely N-dealkylation sites (N-methyl/N-ethyl adjacent to an activating group) is 1. The second-order valence-electron chi connectivity index (χ2n) is 6.66. The third-order valence-electron chi connectivity index (χ3n) is 5.53. The second kappa shape index (κ2) is 5.85. The molecular weight excluding hydrogens is 318 g/mol. The van der Waals surface area contributed by atoms with Crippen molar-refractivity contribution in [3.05, 3.63) is 34.9 Å². The summed E-state index contributed by atoms with van der Waals surface area (Å²) >= 11 is 0. The molecule has 2 aromatic carbocycles. The molecule has 1 heterocycles. The molecule has 2 aliphatic rings. The molecule has 0 radical (unpaired) electrons. The molecule has 0 aromatic heterocycles. The minimum atomic E-state index is 0.142. The van der Waals surface area contributed by atoms with E-state index in [1.807, 2.05) is 12.1 Å². The number of fused-ring (bicyclic) bond motifs is 2. The molecule has 1 aliphatic carbocycles. The standard InChI is InChI=1S/C20H23NO4/c1-4-21-6-5-11-8-16(23)20(25-3)19-13-10-17(24-2)15(22)9-12(13)7-14(21)18(11)19/h8-10,14,22-23H,4-7H2,1-3H3. The van der Waals surface area contributed by atoms with E-state index >= 15 is 0 Å². The summed E-state index contributed by atoms with van der Waals surface area (Å²) in [5.74, 6) is 1.23. The Morgan fingerprint density at radius 2 is 1.84 bits per heavy atom. The number of nitrogens with zero attached hydrogens (tertiary/aromatic N) is 1. The van der Waals surface area contributed by atoms with Gasteiger partial charge in [-0.3, -0.25) is 4.90 Å². The first-order valence-electron chi connectivity index (χ1n) is 8.66. The molecule has 5 nitrogen and oxygen atoms in total. The maximum absolute atomic E-state index is 10.5. The maximum atomic E-state index is 10.5. The smallest absolute Gasteiger partial charge is 0.168 e. The Morgan fingerprint density at radius 1 is 1.08 bits per heavy atom. The largest absolute Gasteiger partial charge is 0.504 e. The van der Waals surface area contributed by atoms with Crippen molar-refractivity contribution in [2.45, 2.75) is 25.8 Å². The first-order valence-corrected chi connectivity index (χ1v) is 8.66. The quantitative estimate of drug-likeness (QED) is 0.897. The molecule has 0 fully saturated rings. The van der Waals surface area contributed by atoms with E-state index in [1.165, 1.54) is 11.1 Å². The highest BCUT2D eigenvalue weighted by Crippen LogP contribution is 2.53. The molecule has 0 spiro atoms. The number of ether oxygens (including phenoxy) is 2. The van der Waals surface area contributed by atoms with Gasteiger partial charge < -0.3 is 19.7 Å². The second-order valence-corrected chi connectivity index (χ2v) is 6.66. The molecule has 1 unspecified atom stereocenters. The minimum Gasteiger partial charge on any atom is -0.504 e. The van der Waals surface area contributed by atoms with Gasteiger partial charge in [0.2, 0.25) is 0 Å². The lowest BCUT2D eigenvalue weighted by Gasteiger charge is -2.41. The topological polar surface area (TPSA) is 62.2 Å². The van der Waals surface area contributed by atoms with Crippen LogP contribution in [-0.4, -0.2) is 42.4 Å². The number of phenols is 2. The summed E-state index contributed by atoms with van der Waals surface area (Å²) in [5.41, 5.74) is 5.36. The summed E-state index contributed by atoms with van der Waals surface area (Å²) in [6, 6.07) is 5.71. The van der Waals surface area contributed by atoms with Crippen LogP contribution in [0.4, 0.5) is 0 Å². The van der Waals surface area contributed by atoms with Gasteiger partial charge in [-0.2, -0.15) is 0 Å². The molecule has 5 heteroatoms. The van der Waals surface area contributed by atoms with Crippen LogP contribution >= 0.6 is 0 Å². The predicted molar refractivity (Wildman–Crippen MR) is 95.7 cm³/mol. The molecule has 0 amide bonds. The molecule has 1 atom stereocenters. The van der Waals surface area contributed by atoms with Crippen molar-refractivity contribution in [2.24, 2.45) is 0 Å². The first kappa shape index (κ1) is 16.1. The lowest BCUT2D eigenvalue weighted by Crippen LogP contribution is -2.38. The molecule has 1 aliphatic heterocycles. The van der Waals surface area contributed by atoms with E-state index < -0.39 is 0 Å². The van der Waals surface area contributed by atoms with Crippen molar-refractivity contribution in [3.63, 3.8) is 0 Å². The van der Waals surface area contributed by atoms with Crippen molar-refractivity contribution in [1.29, 1.82) is 0 Å². The van der Waals surface area contributed by atoms with Gasteiger partial charge >= 0.3 is 0 Å². The summed E-state index contributed by atoms with van der Waals surface area (Å²) < 4.78 is 10.9. The Labute approximate surface area is 147 Å². The Balaban J connectivity index is 2.05. The molecule has 4 rings (SSSR count). The van der Waals surface area contributed by atoms with Crippen LogP contribution in [0.25, 0.3) is 11.1 Å². The highest BCUT2D eigenvalue weighted by Gasteiger charge is 2.37. The molecule has 2 N–H and O–H groups in total. The van der Waals surface area contributed by atoms with Gasteiger partial charge in [-0.05, 0) is 59.8 Å². The van der Waals surface area contributed by atoms with E-state index in [1.54, 1.807) is 20.3 Å². The zero-order valence-electron chi connectivity index (χ0n) is 14.8. The molecular formula is C20H23NO4. The monoisotopic (exact) mass is 341 g/mol. The van der Waals surface area contributed by atoms with Gasteiger partial charge in [0.25, 0.3) is 0 Å². The van der Waals surface area contributed by atoms with Crippen LogP contribution in [0, 0.1) is 0 Å². The zero-order chi connectivity index (χ0) is 17.7. The number of hydrogen-bond donors (Lipinski definition) is 2. The predicted octanol–water partition coefficient (Wildman–Crippen LogP) is 3.26. The van der Waals surface area contributed by atoms with E-state index in [0.717, 1.165) is 42.6 Å². The minimum absolute atomic E-state index is 0.142. The van der Waals surface area contributed by atoms with Crippen molar-refractivity contribution < 1.29 is 19.7 Å². The Bertz CT molecular complexity index is 846. The molecule has 132 valence electrons. The zero-order valence-corrected chi connectivity index (χ0v) is 14.8. The fourth-order valence-corrected chi connectivity index (χ4v) is 4.38. The van der Waals surface area contributed by atoms with Crippen LogP contribution in [0.1, 0.15) is 29.7 Å². The normalized spacial score (nSPS) is 18.4. The Morgan fingerprint density at radius 3 is 2.52 bits per heavy atom. The van der Waals surface area contributed by atoms with Gasteiger partial charge in [-0.25, -0.2) is 0 Å². The van der Waals surface area contributed by atoms with Crippen LogP contribution in [0.5, 0.6) is 23.0 Å². The van der Waals surface area contributed by atoms with E-state index in [2.05, 4.69) is 11.8 Å². The third kappa shape index (κ3) is 2.26. The summed E-state index contributed by atoms with van der Waals surface area (Å²) in [4.78, 5) is 2.45. The van der Waals surface area contributed by atoms with Gasteiger partial charge in [-0.1, -0.05) is 6.92 Å². The van der Waals surface area contributed by atoms with E-state index in [9.17, 15) is 10.2 Å². The molecule has 25 heavy (non-hydrogen) atoms. The van der Waals surface area contributed by atoms with Crippen molar-refractivity contribution in [3.8, 4) is 34.1 Å². The van der Waals surface area contributed by atoms with Crippen LogP contribution in [0.3, 0.4) is 0 Å². The van der Waals surface area contributed by atoms with Gasteiger partial charge in [-0.15, -0.1) is 0 Å². The molecule has 0 saturated carbocycles. The van der Waals surface area contributed by atoms with Crippen LogP contribution in [0.2, 0.25) is 0 Å². The number of aromatic hydroxyl groups is 2. The van der Waals surface area contributed by atoms with Gasteiger partial charge in [0.1, 0.15) is 0 Å². The number of phenolic OH excluding ortho intramolecular Hbond substituents is 2. The Kier molecular flexibility index (Phi) is 3.76. The van der Waals surface area contributed by atoms with Crippen molar-refractivity contribution in [1.82, 2.24) is 4.90 Å². The molecule has 2 aromatic rings. The van der Waals surface area contributed by atoms with E-state index in [4.69, 9.17) is 9.47 Å². The summed E-state index contributed by atoms with van der Waals surface area (Å²) in [5, 5.41) is 20.7. The van der Waals surface area contributed by atoms with Crippen molar-refractivity contribution >= 4 is 0 Å². The summed E-state index contributed by atoms with van der Waals surface area (Å²) in [6.45, 7) is 4.10. The highest BCUT2D eigenvalue weighted by molar-refractivity contribution is 5.84. The average Bonchev–Trinajstić information content (AvgIpc) is 2.61. The van der Waals surface area contributed by atoms with Gasteiger partial charge in [0.15, 0.2) is 23.0 Å². The van der Waals surface area contributed by atoms with E-state index in [-0.39, 0.29) is 17.5 Å². The van der Waals surface area contributed by atoms with Crippen LogP contribution in [-0.2, 0) is 12.8 Å². The SMILES string of the molecule is CCN1CCc2cc(O)c(OC)c3c2C1Cc1cc(O)c(OC)cc1-3.